The second-order valence-electron chi connectivity index (χ2n) is 4.10. The van der Waals surface area contributed by atoms with Gasteiger partial charge in [0.2, 0.25) is 0 Å². The highest BCUT2D eigenvalue weighted by atomic mass is 19.4. The Morgan fingerprint density at radius 3 is 2.65 bits per heavy atom. The van der Waals surface area contributed by atoms with Crippen LogP contribution in [0.25, 0.3) is 0 Å². The minimum atomic E-state index is -4.68. The third kappa shape index (κ3) is 4.05. The average Bonchev–Trinajstić information content (AvgIpc) is 2.36. The van der Waals surface area contributed by atoms with Gasteiger partial charge in [0.05, 0.1) is 4.92 Å². The molecule has 0 aliphatic rings. The lowest BCUT2D eigenvalue weighted by Gasteiger charge is -2.17. The van der Waals surface area contributed by atoms with Gasteiger partial charge in [-0.3, -0.25) is 10.1 Å². The Kier molecular flexibility index (Phi) is 5.26. The summed E-state index contributed by atoms with van der Waals surface area (Å²) in [5.74, 6) is 0. The highest BCUT2D eigenvalue weighted by Crippen LogP contribution is 2.33. The van der Waals surface area contributed by atoms with E-state index in [-0.39, 0.29) is 24.8 Å². The van der Waals surface area contributed by atoms with Gasteiger partial charge in [0.25, 0.3) is 0 Å². The fourth-order valence-corrected chi connectivity index (χ4v) is 1.62. The van der Waals surface area contributed by atoms with Crippen LogP contribution in [0.2, 0.25) is 0 Å². The van der Waals surface area contributed by atoms with Gasteiger partial charge in [-0.05, 0) is 18.9 Å². The zero-order valence-electron chi connectivity index (χ0n) is 10.6. The van der Waals surface area contributed by atoms with Gasteiger partial charge in [0.1, 0.15) is 17.6 Å². The number of pyridine rings is 1. The molecule has 2 N–H and O–H groups in total. The van der Waals surface area contributed by atoms with Crippen LogP contribution in [-0.2, 0) is 6.18 Å². The topological polar surface area (TPSA) is 88.3 Å². The van der Waals surface area contributed by atoms with Crippen LogP contribution in [0.15, 0.2) is 12.3 Å². The lowest BCUT2D eigenvalue weighted by molar-refractivity contribution is -0.384. The number of anilines is 1. The average molecular weight is 293 g/mol. The Hall–Kier alpha value is -1.90. The molecular formula is C11H14F3N3O3. The van der Waals surface area contributed by atoms with E-state index in [1.807, 2.05) is 0 Å². The quantitative estimate of drug-likeness (QED) is 0.621. The number of rotatable bonds is 6. The zero-order valence-corrected chi connectivity index (χ0v) is 10.6. The summed E-state index contributed by atoms with van der Waals surface area (Å²) in [4.78, 5) is 13.1. The number of aliphatic hydroxyl groups is 1. The number of aromatic nitrogens is 1. The van der Waals surface area contributed by atoms with E-state index in [0.717, 1.165) is 0 Å². The molecule has 0 saturated heterocycles. The van der Waals surface area contributed by atoms with Crippen LogP contribution in [0.4, 0.5) is 24.5 Å². The summed E-state index contributed by atoms with van der Waals surface area (Å²) in [6.45, 7) is 1.58. The van der Waals surface area contributed by atoms with Crippen LogP contribution in [-0.4, -0.2) is 27.7 Å². The molecule has 0 amide bonds. The molecule has 112 valence electrons. The van der Waals surface area contributed by atoms with Crippen molar-refractivity contribution in [3.63, 3.8) is 0 Å². The minimum absolute atomic E-state index is 0.170. The first-order valence-electron chi connectivity index (χ1n) is 5.88. The predicted octanol–water partition coefficient (Wildman–Crippen LogP) is 2.58. The smallest absolute Gasteiger partial charge is 0.396 e. The molecule has 0 aromatic carbocycles. The van der Waals surface area contributed by atoms with Crippen molar-refractivity contribution in [1.82, 2.24) is 4.98 Å². The Bertz CT molecular complexity index is 480. The van der Waals surface area contributed by atoms with Crippen molar-refractivity contribution in [1.29, 1.82) is 0 Å². The van der Waals surface area contributed by atoms with Crippen molar-refractivity contribution in [3.05, 3.63) is 28.1 Å². The van der Waals surface area contributed by atoms with Crippen LogP contribution in [0.1, 0.15) is 25.5 Å². The molecule has 0 saturated carbocycles. The summed E-state index contributed by atoms with van der Waals surface area (Å²) >= 11 is 0. The summed E-state index contributed by atoms with van der Waals surface area (Å²) < 4.78 is 37.7. The van der Waals surface area contributed by atoms with Crippen molar-refractivity contribution >= 4 is 11.4 Å². The maximum atomic E-state index is 12.6. The molecule has 1 heterocycles. The molecule has 0 aliphatic heterocycles. The summed E-state index contributed by atoms with van der Waals surface area (Å²) in [5, 5.41) is 22.3. The van der Waals surface area contributed by atoms with Gasteiger partial charge in [0.15, 0.2) is 0 Å². The largest absolute Gasteiger partial charge is 0.433 e. The fourth-order valence-electron chi connectivity index (χ4n) is 1.62. The summed E-state index contributed by atoms with van der Waals surface area (Å²) in [6, 6.07) is 0.250. The SMILES string of the molecule is CCC(CCO)Nc1cc(C(F)(F)F)ncc1[N+](=O)[O-]. The summed E-state index contributed by atoms with van der Waals surface area (Å²) in [5.41, 5.74) is -1.99. The number of aliphatic hydroxyl groups excluding tert-OH is 1. The first-order chi connectivity index (χ1) is 9.29. The van der Waals surface area contributed by atoms with Crippen LogP contribution in [0, 0.1) is 10.1 Å². The molecule has 0 spiro atoms. The molecular weight excluding hydrogens is 279 g/mol. The number of hydrogen-bond acceptors (Lipinski definition) is 5. The Labute approximate surface area is 112 Å². The van der Waals surface area contributed by atoms with Crippen molar-refractivity contribution in [2.45, 2.75) is 32.0 Å². The monoisotopic (exact) mass is 293 g/mol. The molecule has 0 radical (unpaired) electrons. The minimum Gasteiger partial charge on any atom is -0.396 e. The van der Waals surface area contributed by atoms with Gasteiger partial charge < -0.3 is 10.4 Å². The van der Waals surface area contributed by atoms with Gasteiger partial charge in [-0.15, -0.1) is 0 Å². The van der Waals surface area contributed by atoms with Crippen LogP contribution >= 0.6 is 0 Å². The molecule has 0 aliphatic carbocycles. The lowest BCUT2D eigenvalue weighted by atomic mass is 10.1. The summed E-state index contributed by atoms with van der Waals surface area (Å²) in [7, 11) is 0. The van der Waals surface area contributed by atoms with Crippen LogP contribution < -0.4 is 5.32 Å². The number of nitrogens with zero attached hydrogens (tertiary/aromatic N) is 2. The predicted molar refractivity (Wildman–Crippen MR) is 65.3 cm³/mol. The van der Waals surface area contributed by atoms with Crippen molar-refractivity contribution in [3.8, 4) is 0 Å². The van der Waals surface area contributed by atoms with E-state index < -0.39 is 22.5 Å². The number of alkyl halides is 3. The molecule has 1 unspecified atom stereocenters. The molecule has 1 aromatic heterocycles. The molecule has 0 fully saturated rings. The van der Waals surface area contributed by atoms with Crippen molar-refractivity contribution in [2.24, 2.45) is 0 Å². The maximum absolute atomic E-state index is 12.6. The number of nitro groups is 1. The highest BCUT2D eigenvalue weighted by molar-refractivity contribution is 5.61. The van der Waals surface area contributed by atoms with E-state index in [0.29, 0.717) is 18.7 Å². The third-order valence-corrected chi connectivity index (χ3v) is 2.70. The normalized spacial score (nSPS) is 13.1. The zero-order chi connectivity index (χ0) is 15.3. The number of nitrogens with one attached hydrogen (secondary N) is 1. The second-order valence-corrected chi connectivity index (χ2v) is 4.10. The van der Waals surface area contributed by atoms with E-state index in [2.05, 4.69) is 10.3 Å². The maximum Gasteiger partial charge on any atom is 0.433 e. The Morgan fingerprint density at radius 1 is 1.55 bits per heavy atom. The standard InChI is InChI=1S/C11H14F3N3O3/c1-2-7(3-4-18)16-8-5-10(11(12,13)14)15-6-9(8)17(19)20/h5-7,18H,2-4H2,1H3,(H,15,16). The van der Waals surface area contributed by atoms with Gasteiger partial charge in [-0.1, -0.05) is 6.92 Å². The van der Waals surface area contributed by atoms with Crippen molar-refractivity contribution in [2.75, 3.05) is 11.9 Å². The number of halogens is 3. The molecule has 6 nitrogen and oxygen atoms in total. The molecule has 20 heavy (non-hydrogen) atoms. The van der Waals surface area contributed by atoms with E-state index >= 15 is 0 Å². The first kappa shape index (κ1) is 16.2. The molecule has 1 atom stereocenters. The molecule has 1 rings (SSSR count). The fraction of sp³-hybridized carbons (Fsp3) is 0.545. The van der Waals surface area contributed by atoms with Crippen molar-refractivity contribution < 1.29 is 23.2 Å². The Morgan fingerprint density at radius 2 is 2.20 bits per heavy atom. The number of hydrogen-bond donors (Lipinski definition) is 2. The highest BCUT2D eigenvalue weighted by Gasteiger charge is 2.34. The molecule has 9 heteroatoms. The Balaban J connectivity index is 3.15. The third-order valence-electron chi connectivity index (χ3n) is 2.70. The lowest BCUT2D eigenvalue weighted by Crippen LogP contribution is -2.21. The van der Waals surface area contributed by atoms with Crippen LogP contribution in [0.3, 0.4) is 0 Å². The molecule has 1 aromatic rings. The van der Waals surface area contributed by atoms with E-state index in [4.69, 9.17) is 5.11 Å². The van der Waals surface area contributed by atoms with Gasteiger partial charge in [-0.25, -0.2) is 4.98 Å². The van der Waals surface area contributed by atoms with E-state index in [1.54, 1.807) is 6.92 Å². The van der Waals surface area contributed by atoms with Crippen LogP contribution in [0.5, 0.6) is 0 Å². The summed E-state index contributed by atoms with van der Waals surface area (Å²) in [6.07, 6.45) is -3.32. The first-order valence-corrected chi connectivity index (χ1v) is 5.88. The van der Waals surface area contributed by atoms with Gasteiger partial charge >= 0.3 is 11.9 Å². The second kappa shape index (κ2) is 6.51. The van der Waals surface area contributed by atoms with Gasteiger partial charge in [0, 0.05) is 12.6 Å². The van der Waals surface area contributed by atoms with E-state index in [1.165, 1.54) is 0 Å². The van der Waals surface area contributed by atoms with E-state index in [9.17, 15) is 23.3 Å². The molecule has 0 bridgehead atoms. The van der Waals surface area contributed by atoms with Gasteiger partial charge in [-0.2, -0.15) is 13.2 Å².